The van der Waals surface area contributed by atoms with Gasteiger partial charge in [-0.3, -0.25) is 0 Å². The van der Waals surface area contributed by atoms with Crippen molar-refractivity contribution in [3.05, 3.63) is 146 Å². The highest BCUT2D eigenvalue weighted by atomic mass is 16.3. The fourth-order valence-corrected chi connectivity index (χ4v) is 6.25. The van der Waals surface area contributed by atoms with Crippen molar-refractivity contribution in [1.82, 2.24) is 19.5 Å². The van der Waals surface area contributed by atoms with Crippen molar-refractivity contribution >= 4 is 43.7 Å². The molecule has 44 heavy (non-hydrogen) atoms. The summed E-state index contributed by atoms with van der Waals surface area (Å²) in [6, 6.07) is 49.7. The minimum atomic E-state index is 0.637. The highest BCUT2D eigenvalue weighted by Gasteiger charge is 2.19. The second kappa shape index (κ2) is 9.75. The summed E-state index contributed by atoms with van der Waals surface area (Å²) in [5, 5.41) is 4.67. The largest absolute Gasteiger partial charge is 0.456 e. The zero-order valence-corrected chi connectivity index (χ0v) is 23.6. The second-order valence-corrected chi connectivity index (χ2v) is 10.9. The molecule has 0 aliphatic heterocycles. The summed E-state index contributed by atoms with van der Waals surface area (Å²) in [4.78, 5) is 14.7. The molecule has 5 nitrogen and oxygen atoms in total. The smallest absolute Gasteiger partial charge is 0.164 e. The Morgan fingerprint density at radius 1 is 0.386 bits per heavy atom. The topological polar surface area (TPSA) is 56.7 Å². The maximum absolute atomic E-state index is 6.24. The number of rotatable bonds is 4. The molecule has 0 bridgehead atoms. The first-order chi connectivity index (χ1) is 21.8. The van der Waals surface area contributed by atoms with Crippen LogP contribution in [-0.2, 0) is 0 Å². The summed E-state index contributed by atoms with van der Waals surface area (Å²) in [6.45, 7) is 0. The molecular formula is C39H24N4O. The Bertz CT molecular complexity index is 2420. The van der Waals surface area contributed by atoms with Gasteiger partial charge in [-0.15, -0.1) is 0 Å². The highest BCUT2D eigenvalue weighted by molar-refractivity contribution is 6.27. The Labute approximate surface area is 252 Å². The van der Waals surface area contributed by atoms with Gasteiger partial charge in [0.05, 0.1) is 11.0 Å². The molecule has 0 saturated heterocycles. The molecule has 0 aliphatic rings. The van der Waals surface area contributed by atoms with Gasteiger partial charge in [-0.25, -0.2) is 15.0 Å². The Morgan fingerprint density at radius 3 is 1.59 bits per heavy atom. The quantitative estimate of drug-likeness (QED) is 0.213. The predicted molar refractivity (Wildman–Crippen MR) is 178 cm³/mol. The van der Waals surface area contributed by atoms with E-state index in [9.17, 15) is 0 Å². The van der Waals surface area contributed by atoms with Crippen LogP contribution in [0, 0.1) is 0 Å². The van der Waals surface area contributed by atoms with E-state index in [0.717, 1.165) is 55.3 Å². The lowest BCUT2D eigenvalue weighted by atomic mass is 10.1. The normalized spacial score (nSPS) is 11.6. The number of fused-ring (bicyclic) bond motifs is 7. The fourth-order valence-electron chi connectivity index (χ4n) is 6.25. The van der Waals surface area contributed by atoms with Gasteiger partial charge in [0.25, 0.3) is 0 Å². The molecule has 6 aromatic carbocycles. The summed E-state index contributed by atoms with van der Waals surface area (Å²) < 4.78 is 8.57. The molecule has 3 heterocycles. The Hall–Kier alpha value is -6.07. The zero-order valence-electron chi connectivity index (χ0n) is 23.6. The maximum Gasteiger partial charge on any atom is 0.164 e. The third-order valence-corrected chi connectivity index (χ3v) is 8.26. The van der Waals surface area contributed by atoms with Crippen LogP contribution in [0.1, 0.15) is 0 Å². The number of nitrogens with zero attached hydrogens (tertiary/aromatic N) is 4. The van der Waals surface area contributed by atoms with Crippen LogP contribution in [0.5, 0.6) is 0 Å². The van der Waals surface area contributed by atoms with Gasteiger partial charge in [-0.1, -0.05) is 97.1 Å². The molecule has 9 aromatic rings. The third kappa shape index (κ3) is 3.83. The molecule has 0 N–H and O–H groups in total. The minimum Gasteiger partial charge on any atom is -0.456 e. The Kier molecular flexibility index (Phi) is 5.43. The van der Waals surface area contributed by atoms with Crippen LogP contribution in [-0.4, -0.2) is 19.5 Å². The van der Waals surface area contributed by atoms with E-state index in [0.29, 0.717) is 17.5 Å². The van der Waals surface area contributed by atoms with E-state index in [2.05, 4.69) is 77.4 Å². The number of benzene rings is 6. The van der Waals surface area contributed by atoms with E-state index in [1.54, 1.807) is 0 Å². The molecule has 0 aliphatic carbocycles. The highest BCUT2D eigenvalue weighted by Crippen LogP contribution is 2.41. The molecular weight excluding hydrogens is 540 g/mol. The van der Waals surface area contributed by atoms with Crippen LogP contribution in [0.2, 0.25) is 0 Å². The molecule has 0 radical (unpaired) electrons. The van der Waals surface area contributed by atoms with Crippen LogP contribution in [0.25, 0.3) is 83.6 Å². The third-order valence-electron chi connectivity index (χ3n) is 8.26. The van der Waals surface area contributed by atoms with Crippen molar-refractivity contribution in [3.8, 4) is 39.9 Å². The van der Waals surface area contributed by atoms with Crippen LogP contribution < -0.4 is 0 Å². The average molecular weight is 565 g/mol. The molecule has 0 unspecified atom stereocenters. The molecule has 3 aromatic heterocycles. The summed E-state index contributed by atoms with van der Waals surface area (Å²) in [6.07, 6.45) is 0. The van der Waals surface area contributed by atoms with E-state index in [1.165, 1.54) is 10.8 Å². The van der Waals surface area contributed by atoms with E-state index >= 15 is 0 Å². The number of furan rings is 1. The summed E-state index contributed by atoms with van der Waals surface area (Å²) in [7, 11) is 0. The summed E-state index contributed by atoms with van der Waals surface area (Å²) in [5.41, 5.74) is 7.97. The fraction of sp³-hybridized carbons (Fsp3) is 0. The van der Waals surface area contributed by atoms with Crippen LogP contribution in [0.15, 0.2) is 150 Å². The van der Waals surface area contributed by atoms with E-state index in [4.69, 9.17) is 19.4 Å². The van der Waals surface area contributed by atoms with E-state index < -0.39 is 0 Å². The first kappa shape index (κ1) is 24.5. The molecule has 0 amide bonds. The van der Waals surface area contributed by atoms with Crippen LogP contribution in [0.3, 0.4) is 0 Å². The zero-order chi connectivity index (χ0) is 29.0. The number of para-hydroxylation sites is 2. The number of aromatic nitrogens is 4. The SMILES string of the molecule is c1ccc(-c2nc(-c3ccccc3)nc(-c3ccc(-n4c5ccccc5c5c6c(ccc54)oc4ccccc46)cc3)n2)cc1. The lowest BCUT2D eigenvalue weighted by molar-refractivity contribution is 0.669. The molecule has 5 heteroatoms. The molecule has 206 valence electrons. The minimum absolute atomic E-state index is 0.637. The van der Waals surface area contributed by atoms with Crippen LogP contribution >= 0.6 is 0 Å². The average Bonchev–Trinajstić information content (AvgIpc) is 3.64. The monoisotopic (exact) mass is 564 g/mol. The first-order valence-electron chi connectivity index (χ1n) is 14.6. The first-order valence-corrected chi connectivity index (χ1v) is 14.6. The van der Waals surface area contributed by atoms with Gasteiger partial charge in [0.1, 0.15) is 11.2 Å². The Balaban J connectivity index is 1.22. The van der Waals surface area contributed by atoms with Crippen molar-refractivity contribution in [3.63, 3.8) is 0 Å². The standard InChI is InChI=1S/C39H24N4O/c1-3-11-25(12-4-1)37-40-38(26-13-5-2-6-14-26)42-39(41-37)27-19-21-28(22-20-27)43-31-17-9-7-15-29(31)35-32(43)23-24-34-36(35)30-16-8-10-18-33(30)44-34/h1-24H. The van der Waals surface area contributed by atoms with Gasteiger partial charge in [0.2, 0.25) is 0 Å². The Morgan fingerprint density at radius 2 is 0.932 bits per heavy atom. The van der Waals surface area contributed by atoms with Crippen LogP contribution in [0.4, 0.5) is 0 Å². The van der Waals surface area contributed by atoms with Gasteiger partial charge in [0, 0.05) is 43.9 Å². The van der Waals surface area contributed by atoms with Crippen molar-refractivity contribution in [1.29, 1.82) is 0 Å². The number of hydrogen-bond acceptors (Lipinski definition) is 4. The molecule has 0 fully saturated rings. The van der Waals surface area contributed by atoms with Crippen molar-refractivity contribution in [2.24, 2.45) is 0 Å². The van der Waals surface area contributed by atoms with Gasteiger partial charge < -0.3 is 8.98 Å². The molecule has 9 rings (SSSR count). The van der Waals surface area contributed by atoms with E-state index in [1.807, 2.05) is 72.8 Å². The van der Waals surface area contributed by atoms with Gasteiger partial charge in [-0.2, -0.15) is 0 Å². The summed E-state index contributed by atoms with van der Waals surface area (Å²) in [5.74, 6) is 1.94. The lowest BCUT2D eigenvalue weighted by Crippen LogP contribution is -2.00. The lowest BCUT2D eigenvalue weighted by Gasteiger charge is -2.10. The maximum atomic E-state index is 6.24. The van der Waals surface area contributed by atoms with Gasteiger partial charge >= 0.3 is 0 Å². The molecule has 0 spiro atoms. The second-order valence-electron chi connectivity index (χ2n) is 10.9. The van der Waals surface area contributed by atoms with Crippen molar-refractivity contribution in [2.45, 2.75) is 0 Å². The van der Waals surface area contributed by atoms with E-state index in [-0.39, 0.29) is 0 Å². The molecule has 0 saturated carbocycles. The van der Waals surface area contributed by atoms with Crippen molar-refractivity contribution < 1.29 is 4.42 Å². The number of hydrogen-bond donors (Lipinski definition) is 0. The van der Waals surface area contributed by atoms with Crippen molar-refractivity contribution in [2.75, 3.05) is 0 Å². The molecule has 0 atom stereocenters. The predicted octanol–water partition coefficient (Wildman–Crippen LogP) is 9.87. The van der Waals surface area contributed by atoms with Gasteiger partial charge in [-0.05, 0) is 48.5 Å². The van der Waals surface area contributed by atoms with Gasteiger partial charge in [0.15, 0.2) is 17.5 Å². The summed E-state index contributed by atoms with van der Waals surface area (Å²) >= 11 is 0.